The quantitative estimate of drug-likeness (QED) is 0.917. The highest BCUT2D eigenvalue weighted by atomic mass is 32.1. The fourth-order valence-electron chi connectivity index (χ4n) is 2.65. The number of hydrogen-bond donors (Lipinski definition) is 1. The minimum Gasteiger partial charge on any atom is -0.378 e. The van der Waals surface area contributed by atoms with Gasteiger partial charge in [0.2, 0.25) is 5.91 Å². The van der Waals surface area contributed by atoms with Crippen LogP contribution in [-0.2, 0) is 9.53 Å². The summed E-state index contributed by atoms with van der Waals surface area (Å²) >= 11 is 1.66. The van der Waals surface area contributed by atoms with Gasteiger partial charge in [0.15, 0.2) is 0 Å². The Balaban J connectivity index is 1.72. The highest BCUT2D eigenvalue weighted by Gasteiger charge is 2.22. The van der Waals surface area contributed by atoms with Gasteiger partial charge in [0.1, 0.15) is 0 Å². The van der Waals surface area contributed by atoms with Gasteiger partial charge in [-0.1, -0.05) is 36.4 Å². The van der Waals surface area contributed by atoms with E-state index in [0.717, 1.165) is 29.9 Å². The molecule has 0 unspecified atom stereocenters. The standard InChI is InChI=1S/C17H19NO2S/c19-16(12-14-8-4-10-20-14)18-17(15-9-5-11-21-15)13-6-2-1-3-7-13/h1-3,5-7,9,11,14,17H,4,8,10,12H2,(H,18,19)/t14-,17+/m0/s1. The van der Waals surface area contributed by atoms with Gasteiger partial charge in [-0.15, -0.1) is 11.3 Å². The molecule has 3 rings (SSSR count). The van der Waals surface area contributed by atoms with Crippen molar-refractivity contribution in [2.45, 2.75) is 31.4 Å². The number of hydrogen-bond acceptors (Lipinski definition) is 3. The molecule has 1 aliphatic heterocycles. The fraction of sp³-hybridized carbons (Fsp3) is 0.353. The Hall–Kier alpha value is -1.65. The third kappa shape index (κ3) is 3.71. The first-order chi connectivity index (χ1) is 10.3. The monoisotopic (exact) mass is 301 g/mol. The van der Waals surface area contributed by atoms with E-state index in [1.165, 1.54) is 0 Å². The summed E-state index contributed by atoms with van der Waals surface area (Å²) in [6.45, 7) is 0.783. The number of amides is 1. The SMILES string of the molecule is O=C(C[C@@H]1CCCO1)N[C@H](c1ccccc1)c1cccs1. The van der Waals surface area contributed by atoms with Gasteiger partial charge in [-0.25, -0.2) is 0 Å². The maximum absolute atomic E-state index is 12.3. The molecule has 21 heavy (non-hydrogen) atoms. The van der Waals surface area contributed by atoms with Crippen molar-refractivity contribution in [2.24, 2.45) is 0 Å². The maximum Gasteiger partial charge on any atom is 0.223 e. The largest absolute Gasteiger partial charge is 0.378 e. The molecule has 1 saturated heterocycles. The van der Waals surface area contributed by atoms with Crippen molar-refractivity contribution < 1.29 is 9.53 Å². The van der Waals surface area contributed by atoms with Crippen molar-refractivity contribution in [1.82, 2.24) is 5.32 Å². The van der Waals surface area contributed by atoms with Crippen molar-refractivity contribution >= 4 is 17.2 Å². The fourth-order valence-corrected chi connectivity index (χ4v) is 3.45. The Morgan fingerprint density at radius 1 is 1.29 bits per heavy atom. The van der Waals surface area contributed by atoms with Gasteiger partial charge in [-0.2, -0.15) is 0 Å². The zero-order valence-electron chi connectivity index (χ0n) is 11.8. The van der Waals surface area contributed by atoms with E-state index in [4.69, 9.17) is 4.74 Å². The van der Waals surface area contributed by atoms with E-state index >= 15 is 0 Å². The summed E-state index contributed by atoms with van der Waals surface area (Å²) in [5.74, 6) is 0.0594. The smallest absolute Gasteiger partial charge is 0.223 e. The number of thiophene rings is 1. The van der Waals surface area contributed by atoms with Gasteiger partial charge in [-0.3, -0.25) is 4.79 Å². The number of rotatable bonds is 5. The Morgan fingerprint density at radius 3 is 2.81 bits per heavy atom. The molecule has 1 aliphatic rings. The minimum absolute atomic E-state index is 0.0594. The third-order valence-corrected chi connectivity index (χ3v) is 4.64. The van der Waals surface area contributed by atoms with Crippen LogP contribution in [0.3, 0.4) is 0 Å². The van der Waals surface area contributed by atoms with Crippen LogP contribution >= 0.6 is 11.3 Å². The highest BCUT2D eigenvalue weighted by molar-refractivity contribution is 7.10. The molecule has 0 aliphatic carbocycles. The summed E-state index contributed by atoms with van der Waals surface area (Å²) in [5, 5.41) is 5.19. The summed E-state index contributed by atoms with van der Waals surface area (Å²) < 4.78 is 5.54. The number of ether oxygens (including phenoxy) is 1. The predicted molar refractivity (Wildman–Crippen MR) is 84.3 cm³/mol. The first-order valence-corrected chi connectivity index (χ1v) is 8.20. The molecule has 110 valence electrons. The van der Waals surface area contributed by atoms with Crippen LogP contribution in [0.15, 0.2) is 47.8 Å². The predicted octanol–water partition coefficient (Wildman–Crippen LogP) is 3.52. The van der Waals surface area contributed by atoms with Gasteiger partial charge in [-0.05, 0) is 29.9 Å². The van der Waals surface area contributed by atoms with Gasteiger partial charge < -0.3 is 10.1 Å². The summed E-state index contributed by atoms with van der Waals surface area (Å²) in [6.07, 6.45) is 2.59. The number of benzene rings is 1. The Labute approximate surface area is 129 Å². The van der Waals surface area contributed by atoms with E-state index < -0.39 is 0 Å². The van der Waals surface area contributed by atoms with E-state index in [1.807, 2.05) is 29.6 Å². The third-order valence-electron chi connectivity index (χ3n) is 3.70. The van der Waals surface area contributed by atoms with Gasteiger partial charge in [0.25, 0.3) is 0 Å². The van der Waals surface area contributed by atoms with Gasteiger partial charge >= 0.3 is 0 Å². The van der Waals surface area contributed by atoms with Crippen LogP contribution in [0.1, 0.15) is 35.7 Å². The molecular weight excluding hydrogens is 282 g/mol. The molecular formula is C17H19NO2S. The lowest BCUT2D eigenvalue weighted by molar-refractivity contribution is -0.123. The molecule has 1 aromatic heterocycles. The lowest BCUT2D eigenvalue weighted by Gasteiger charge is -2.19. The molecule has 0 saturated carbocycles. The van der Waals surface area contributed by atoms with Crippen LogP contribution in [0.5, 0.6) is 0 Å². The lowest BCUT2D eigenvalue weighted by Crippen LogP contribution is -2.31. The van der Waals surface area contributed by atoms with Crippen molar-refractivity contribution in [3.05, 3.63) is 58.3 Å². The Morgan fingerprint density at radius 2 is 2.14 bits per heavy atom. The molecule has 2 aromatic rings. The molecule has 3 nitrogen and oxygen atoms in total. The van der Waals surface area contributed by atoms with Crippen LogP contribution in [0.4, 0.5) is 0 Å². The van der Waals surface area contributed by atoms with Crippen LogP contribution in [-0.4, -0.2) is 18.6 Å². The molecule has 2 atom stereocenters. The topological polar surface area (TPSA) is 38.3 Å². The summed E-state index contributed by atoms with van der Waals surface area (Å²) in [4.78, 5) is 13.4. The maximum atomic E-state index is 12.3. The normalized spacial score (nSPS) is 19.3. The van der Waals surface area contributed by atoms with Crippen molar-refractivity contribution in [3.8, 4) is 0 Å². The summed E-state index contributed by atoms with van der Waals surface area (Å²) in [6, 6.07) is 14.1. The Bertz CT molecular complexity index is 562. The van der Waals surface area contributed by atoms with Gasteiger partial charge in [0, 0.05) is 11.5 Å². The highest BCUT2D eigenvalue weighted by Crippen LogP contribution is 2.26. The average Bonchev–Trinajstić information content (AvgIpc) is 3.19. The molecule has 0 bridgehead atoms. The van der Waals surface area contributed by atoms with Crippen molar-refractivity contribution in [2.75, 3.05) is 6.61 Å². The van der Waals surface area contributed by atoms with Crippen molar-refractivity contribution in [1.29, 1.82) is 0 Å². The summed E-state index contributed by atoms with van der Waals surface area (Å²) in [7, 11) is 0. The zero-order chi connectivity index (χ0) is 14.5. The number of nitrogens with one attached hydrogen (secondary N) is 1. The molecule has 2 heterocycles. The minimum atomic E-state index is -0.0693. The molecule has 0 radical (unpaired) electrons. The second-order valence-electron chi connectivity index (χ2n) is 5.27. The Kier molecular flexibility index (Phi) is 4.68. The number of carbonyl (C=O) groups excluding carboxylic acids is 1. The van der Waals surface area contributed by atoms with E-state index in [0.29, 0.717) is 6.42 Å². The average molecular weight is 301 g/mol. The molecule has 1 fully saturated rings. The van der Waals surface area contributed by atoms with Gasteiger partial charge in [0.05, 0.1) is 18.6 Å². The van der Waals surface area contributed by atoms with E-state index in [2.05, 4.69) is 23.5 Å². The van der Waals surface area contributed by atoms with Crippen LogP contribution in [0.25, 0.3) is 0 Å². The first kappa shape index (κ1) is 14.3. The van der Waals surface area contributed by atoms with Crippen LogP contribution < -0.4 is 5.32 Å². The van der Waals surface area contributed by atoms with Crippen LogP contribution in [0.2, 0.25) is 0 Å². The van der Waals surface area contributed by atoms with E-state index in [9.17, 15) is 4.79 Å². The molecule has 0 spiro atoms. The van der Waals surface area contributed by atoms with E-state index in [1.54, 1.807) is 11.3 Å². The zero-order valence-corrected chi connectivity index (χ0v) is 12.6. The second kappa shape index (κ2) is 6.87. The molecule has 1 amide bonds. The van der Waals surface area contributed by atoms with E-state index in [-0.39, 0.29) is 18.1 Å². The molecule has 1 N–H and O–H groups in total. The second-order valence-corrected chi connectivity index (χ2v) is 6.25. The molecule has 1 aromatic carbocycles. The lowest BCUT2D eigenvalue weighted by atomic mass is 10.0. The van der Waals surface area contributed by atoms with Crippen molar-refractivity contribution in [3.63, 3.8) is 0 Å². The van der Waals surface area contributed by atoms with Crippen LogP contribution in [0, 0.1) is 0 Å². The number of carbonyl (C=O) groups is 1. The summed E-state index contributed by atoms with van der Waals surface area (Å²) in [5.41, 5.74) is 1.11. The first-order valence-electron chi connectivity index (χ1n) is 7.32. The molecule has 4 heteroatoms.